The quantitative estimate of drug-likeness (QED) is 0.794. The summed E-state index contributed by atoms with van der Waals surface area (Å²) < 4.78 is 5.36. The smallest absolute Gasteiger partial charge is 0.117 e. The van der Waals surface area contributed by atoms with E-state index in [1.54, 1.807) is 6.26 Å². The molecule has 0 aliphatic carbocycles. The van der Waals surface area contributed by atoms with Gasteiger partial charge in [-0.3, -0.25) is 4.90 Å². The van der Waals surface area contributed by atoms with Crippen LogP contribution >= 0.6 is 0 Å². The highest BCUT2D eigenvalue weighted by Gasteiger charge is 2.13. The third kappa shape index (κ3) is 4.52. The molecule has 0 spiro atoms. The minimum absolute atomic E-state index is 0.267. The standard InChI is InChI=1S/C15H20N2O2/c16-9-14(18)11-17(12-15-7-4-8-19-15)10-13-5-2-1-3-6-13/h1-8,14,18H,9-12,16H2. The Morgan fingerprint density at radius 1 is 1.11 bits per heavy atom. The summed E-state index contributed by atoms with van der Waals surface area (Å²) in [5.74, 6) is 0.889. The predicted octanol–water partition coefficient (Wildman–Crippen LogP) is 1.60. The van der Waals surface area contributed by atoms with E-state index >= 15 is 0 Å². The van der Waals surface area contributed by atoms with Crippen molar-refractivity contribution in [1.29, 1.82) is 0 Å². The lowest BCUT2D eigenvalue weighted by atomic mass is 10.2. The summed E-state index contributed by atoms with van der Waals surface area (Å²) in [6.45, 7) is 2.23. The van der Waals surface area contributed by atoms with Crippen molar-refractivity contribution in [2.24, 2.45) is 5.73 Å². The molecule has 102 valence electrons. The molecule has 4 heteroatoms. The van der Waals surface area contributed by atoms with Gasteiger partial charge in [0.1, 0.15) is 5.76 Å². The third-order valence-electron chi connectivity index (χ3n) is 2.95. The van der Waals surface area contributed by atoms with E-state index in [0.29, 0.717) is 13.1 Å². The van der Waals surface area contributed by atoms with E-state index in [-0.39, 0.29) is 6.54 Å². The van der Waals surface area contributed by atoms with E-state index in [9.17, 15) is 5.11 Å². The highest BCUT2D eigenvalue weighted by Crippen LogP contribution is 2.11. The number of hydrogen-bond donors (Lipinski definition) is 2. The van der Waals surface area contributed by atoms with Crippen molar-refractivity contribution < 1.29 is 9.52 Å². The third-order valence-corrected chi connectivity index (χ3v) is 2.95. The minimum Gasteiger partial charge on any atom is -0.468 e. The maximum Gasteiger partial charge on any atom is 0.117 e. The van der Waals surface area contributed by atoms with Gasteiger partial charge in [-0.25, -0.2) is 0 Å². The zero-order valence-corrected chi connectivity index (χ0v) is 10.9. The summed E-state index contributed by atoms with van der Waals surface area (Å²) in [5.41, 5.74) is 6.69. The summed E-state index contributed by atoms with van der Waals surface area (Å²) in [6, 6.07) is 14.0. The highest BCUT2D eigenvalue weighted by atomic mass is 16.3. The van der Waals surface area contributed by atoms with Gasteiger partial charge in [-0.2, -0.15) is 0 Å². The van der Waals surface area contributed by atoms with Crippen LogP contribution in [0.5, 0.6) is 0 Å². The Labute approximate surface area is 113 Å². The van der Waals surface area contributed by atoms with Crippen LogP contribution < -0.4 is 5.73 Å². The van der Waals surface area contributed by atoms with Gasteiger partial charge in [0, 0.05) is 19.6 Å². The second-order valence-electron chi connectivity index (χ2n) is 4.62. The van der Waals surface area contributed by atoms with Gasteiger partial charge in [-0.15, -0.1) is 0 Å². The molecule has 1 unspecified atom stereocenters. The lowest BCUT2D eigenvalue weighted by Gasteiger charge is -2.23. The van der Waals surface area contributed by atoms with Gasteiger partial charge >= 0.3 is 0 Å². The zero-order valence-electron chi connectivity index (χ0n) is 10.9. The molecule has 0 bridgehead atoms. The first-order valence-corrected chi connectivity index (χ1v) is 6.44. The number of furan rings is 1. The van der Waals surface area contributed by atoms with Crippen LogP contribution in [0, 0.1) is 0 Å². The lowest BCUT2D eigenvalue weighted by molar-refractivity contribution is 0.106. The number of nitrogens with zero attached hydrogens (tertiary/aromatic N) is 1. The van der Waals surface area contributed by atoms with E-state index in [1.807, 2.05) is 30.3 Å². The Morgan fingerprint density at radius 3 is 2.53 bits per heavy atom. The van der Waals surface area contributed by atoms with Crippen molar-refractivity contribution >= 4 is 0 Å². The molecular formula is C15H20N2O2. The lowest BCUT2D eigenvalue weighted by Crippen LogP contribution is -2.35. The molecule has 1 aromatic carbocycles. The van der Waals surface area contributed by atoms with Gasteiger partial charge < -0.3 is 15.3 Å². The molecule has 0 saturated carbocycles. The normalized spacial score (nSPS) is 12.8. The monoisotopic (exact) mass is 260 g/mol. The first-order valence-electron chi connectivity index (χ1n) is 6.44. The van der Waals surface area contributed by atoms with Gasteiger partial charge in [0.2, 0.25) is 0 Å². The first-order chi connectivity index (χ1) is 9.28. The van der Waals surface area contributed by atoms with Crippen LogP contribution in [-0.2, 0) is 13.1 Å². The van der Waals surface area contributed by atoms with E-state index in [1.165, 1.54) is 5.56 Å². The molecule has 2 rings (SSSR count). The van der Waals surface area contributed by atoms with Crippen LogP contribution in [0.1, 0.15) is 11.3 Å². The summed E-state index contributed by atoms with van der Waals surface area (Å²) in [7, 11) is 0. The average Bonchev–Trinajstić information content (AvgIpc) is 2.92. The van der Waals surface area contributed by atoms with E-state index < -0.39 is 6.10 Å². The van der Waals surface area contributed by atoms with E-state index in [2.05, 4.69) is 17.0 Å². The van der Waals surface area contributed by atoms with Crippen molar-refractivity contribution in [1.82, 2.24) is 4.90 Å². The van der Waals surface area contributed by atoms with Crippen LogP contribution in [0.3, 0.4) is 0 Å². The topological polar surface area (TPSA) is 62.6 Å². The van der Waals surface area contributed by atoms with Gasteiger partial charge in [-0.1, -0.05) is 30.3 Å². The maximum atomic E-state index is 9.74. The Hall–Kier alpha value is -1.62. The molecular weight excluding hydrogens is 240 g/mol. The van der Waals surface area contributed by atoms with Crippen molar-refractivity contribution in [3.05, 3.63) is 60.1 Å². The van der Waals surface area contributed by atoms with Gasteiger partial charge in [-0.05, 0) is 17.7 Å². The zero-order chi connectivity index (χ0) is 13.5. The number of benzene rings is 1. The molecule has 0 fully saturated rings. The molecule has 0 aliphatic heterocycles. The summed E-state index contributed by atoms with van der Waals surface area (Å²) in [5, 5.41) is 9.74. The van der Waals surface area contributed by atoms with Crippen molar-refractivity contribution in [3.8, 4) is 0 Å². The second-order valence-corrected chi connectivity index (χ2v) is 4.62. The number of hydrogen-bond acceptors (Lipinski definition) is 4. The maximum absolute atomic E-state index is 9.74. The van der Waals surface area contributed by atoms with Crippen LogP contribution in [0.15, 0.2) is 53.1 Å². The van der Waals surface area contributed by atoms with E-state index in [4.69, 9.17) is 10.2 Å². The van der Waals surface area contributed by atoms with Crippen molar-refractivity contribution in [2.45, 2.75) is 19.2 Å². The molecule has 1 aromatic heterocycles. The molecule has 3 N–H and O–H groups in total. The summed E-state index contributed by atoms with van der Waals surface area (Å²) in [6.07, 6.45) is 1.15. The number of aliphatic hydroxyl groups excluding tert-OH is 1. The Balaban J connectivity index is 2.01. The first kappa shape index (κ1) is 13.8. The van der Waals surface area contributed by atoms with Crippen molar-refractivity contribution in [2.75, 3.05) is 13.1 Å². The molecule has 4 nitrogen and oxygen atoms in total. The van der Waals surface area contributed by atoms with Crippen LogP contribution in [0.25, 0.3) is 0 Å². The second kappa shape index (κ2) is 7.09. The summed E-state index contributed by atoms with van der Waals surface area (Å²) in [4.78, 5) is 2.13. The highest BCUT2D eigenvalue weighted by molar-refractivity contribution is 5.14. The molecule has 19 heavy (non-hydrogen) atoms. The van der Waals surface area contributed by atoms with Gasteiger partial charge in [0.05, 0.1) is 18.9 Å². The predicted molar refractivity (Wildman–Crippen MR) is 74.3 cm³/mol. The molecule has 0 saturated heterocycles. The molecule has 2 aromatic rings. The minimum atomic E-state index is -0.515. The van der Waals surface area contributed by atoms with Crippen molar-refractivity contribution in [3.63, 3.8) is 0 Å². The molecule has 1 heterocycles. The fourth-order valence-electron chi connectivity index (χ4n) is 2.02. The fraction of sp³-hybridized carbons (Fsp3) is 0.333. The Kier molecular flexibility index (Phi) is 5.15. The largest absolute Gasteiger partial charge is 0.468 e. The Morgan fingerprint density at radius 2 is 1.89 bits per heavy atom. The van der Waals surface area contributed by atoms with Crippen LogP contribution in [-0.4, -0.2) is 29.2 Å². The number of nitrogens with two attached hydrogens (primary N) is 1. The van der Waals surface area contributed by atoms with Crippen LogP contribution in [0.4, 0.5) is 0 Å². The van der Waals surface area contributed by atoms with Gasteiger partial charge in [0.25, 0.3) is 0 Å². The Bertz CT molecular complexity index is 456. The number of rotatable bonds is 7. The summed E-state index contributed by atoms with van der Waals surface area (Å²) >= 11 is 0. The number of aliphatic hydroxyl groups is 1. The molecule has 0 radical (unpaired) electrons. The molecule has 0 aliphatic rings. The fourth-order valence-corrected chi connectivity index (χ4v) is 2.02. The van der Waals surface area contributed by atoms with Crippen LogP contribution in [0.2, 0.25) is 0 Å². The SMILES string of the molecule is NCC(O)CN(Cc1ccccc1)Cc1ccco1. The molecule has 0 amide bonds. The van der Waals surface area contributed by atoms with E-state index in [0.717, 1.165) is 12.3 Å². The average molecular weight is 260 g/mol. The van der Waals surface area contributed by atoms with Gasteiger partial charge in [0.15, 0.2) is 0 Å². The molecule has 1 atom stereocenters.